The molecule has 0 spiro atoms. The van der Waals surface area contributed by atoms with E-state index in [0.29, 0.717) is 6.04 Å². The monoisotopic (exact) mass is 254 g/mol. The summed E-state index contributed by atoms with van der Waals surface area (Å²) in [4.78, 5) is 0. The summed E-state index contributed by atoms with van der Waals surface area (Å²) in [5, 5.41) is 7.04. The Morgan fingerprint density at radius 2 is 2.29 bits per heavy atom. The fourth-order valence-electron chi connectivity index (χ4n) is 2.52. The van der Waals surface area contributed by atoms with E-state index in [2.05, 4.69) is 28.8 Å². The minimum atomic E-state index is 0. The van der Waals surface area contributed by atoms with Crippen LogP contribution in [-0.2, 0) is 17.7 Å². The van der Waals surface area contributed by atoms with Crippen LogP contribution in [0, 0.1) is 0 Å². The van der Waals surface area contributed by atoms with E-state index in [0.717, 1.165) is 39.1 Å². The van der Waals surface area contributed by atoms with E-state index in [1.807, 2.05) is 0 Å². The highest BCUT2D eigenvalue weighted by Gasteiger charge is 2.18. The third kappa shape index (κ3) is 2.73. The molecule has 0 radical (unpaired) electrons. The van der Waals surface area contributed by atoms with Crippen LogP contribution in [0.1, 0.15) is 17.5 Å². The molecule has 0 saturated carbocycles. The van der Waals surface area contributed by atoms with Crippen LogP contribution in [0.2, 0.25) is 0 Å². The highest BCUT2D eigenvalue weighted by Crippen LogP contribution is 2.24. The third-order valence-corrected chi connectivity index (χ3v) is 3.44. The highest BCUT2D eigenvalue weighted by atomic mass is 35.5. The Hall–Kier alpha value is -0.770. The van der Waals surface area contributed by atoms with E-state index in [1.54, 1.807) is 0 Å². The van der Waals surface area contributed by atoms with Gasteiger partial charge in [0.1, 0.15) is 0 Å². The first-order valence-electron chi connectivity index (χ1n) is 6.09. The molecule has 2 heterocycles. The summed E-state index contributed by atoms with van der Waals surface area (Å²) in [6.07, 6.45) is 2.27. The van der Waals surface area contributed by atoms with Gasteiger partial charge in [0.2, 0.25) is 0 Å². The van der Waals surface area contributed by atoms with Crippen LogP contribution >= 0.6 is 12.4 Å². The fourth-order valence-corrected chi connectivity index (χ4v) is 2.52. The Bertz CT molecular complexity index is 378. The second-order valence-corrected chi connectivity index (χ2v) is 4.57. The normalized spacial score (nSPS) is 22.7. The van der Waals surface area contributed by atoms with Crippen LogP contribution in [0.5, 0.6) is 0 Å². The predicted molar refractivity (Wildman–Crippen MR) is 71.9 cm³/mol. The summed E-state index contributed by atoms with van der Waals surface area (Å²) < 4.78 is 5.40. The van der Waals surface area contributed by atoms with Gasteiger partial charge < -0.3 is 15.4 Å². The maximum atomic E-state index is 5.40. The van der Waals surface area contributed by atoms with Crippen molar-refractivity contribution >= 4 is 18.1 Å². The van der Waals surface area contributed by atoms with E-state index < -0.39 is 0 Å². The van der Waals surface area contributed by atoms with Crippen LogP contribution in [0.3, 0.4) is 0 Å². The van der Waals surface area contributed by atoms with Gasteiger partial charge in [0.05, 0.1) is 12.6 Å². The molecule has 4 heteroatoms. The van der Waals surface area contributed by atoms with Gasteiger partial charge in [0.15, 0.2) is 0 Å². The zero-order valence-electron chi connectivity index (χ0n) is 9.87. The third-order valence-electron chi connectivity index (χ3n) is 3.44. The number of nitrogens with one attached hydrogen (secondary N) is 2. The zero-order valence-corrected chi connectivity index (χ0v) is 10.7. The molecular weight excluding hydrogens is 236 g/mol. The molecule has 1 fully saturated rings. The second-order valence-electron chi connectivity index (χ2n) is 4.57. The Labute approximate surface area is 108 Å². The number of hydrogen-bond donors (Lipinski definition) is 2. The molecule has 0 amide bonds. The average Bonchev–Trinajstić information content (AvgIpc) is 2.82. The van der Waals surface area contributed by atoms with Crippen molar-refractivity contribution in [2.24, 2.45) is 0 Å². The smallest absolute Gasteiger partial charge is 0.0668 e. The van der Waals surface area contributed by atoms with Crippen LogP contribution in [0.15, 0.2) is 18.2 Å². The van der Waals surface area contributed by atoms with Crippen LogP contribution in [0.4, 0.5) is 5.69 Å². The van der Waals surface area contributed by atoms with Gasteiger partial charge in [0, 0.05) is 18.8 Å². The van der Waals surface area contributed by atoms with E-state index in [1.165, 1.54) is 16.8 Å². The van der Waals surface area contributed by atoms with Crippen LogP contribution in [0.25, 0.3) is 0 Å². The quantitative estimate of drug-likeness (QED) is 0.847. The summed E-state index contributed by atoms with van der Waals surface area (Å²) in [6, 6.07) is 7.08. The maximum absolute atomic E-state index is 5.40. The predicted octanol–water partition coefficient (Wildman–Crippen LogP) is 1.95. The summed E-state index contributed by atoms with van der Waals surface area (Å²) >= 11 is 0. The lowest BCUT2D eigenvalue weighted by Gasteiger charge is -2.22. The first-order valence-corrected chi connectivity index (χ1v) is 6.09. The minimum Gasteiger partial charge on any atom is -0.380 e. The molecular formula is C13H19ClN2O. The van der Waals surface area contributed by atoms with Gasteiger partial charge in [-0.25, -0.2) is 0 Å². The number of rotatable bonds is 2. The van der Waals surface area contributed by atoms with Crippen LogP contribution < -0.4 is 10.6 Å². The Morgan fingerprint density at radius 1 is 1.35 bits per heavy atom. The summed E-state index contributed by atoms with van der Waals surface area (Å²) in [7, 11) is 0. The van der Waals surface area contributed by atoms with Crippen molar-refractivity contribution in [1.29, 1.82) is 0 Å². The Morgan fingerprint density at radius 3 is 3.12 bits per heavy atom. The SMILES string of the molecule is Cl.c1cc2c(c(N[C@@H]3CCOC3)c1)CNCC2. The van der Waals surface area contributed by atoms with Gasteiger partial charge in [-0.05, 0) is 36.6 Å². The van der Waals surface area contributed by atoms with E-state index in [-0.39, 0.29) is 12.4 Å². The first kappa shape index (κ1) is 12.7. The average molecular weight is 255 g/mol. The van der Waals surface area contributed by atoms with Crippen molar-refractivity contribution in [3.63, 3.8) is 0 Å². The summed E-state index contributed by atoms with van der Waals surface area (Å²) in [5.74, 6) is 0. The molecule has 0 unspecified atom stereocenters. The minimum absolute atomic E-state index is 0. The lowest BCUT2D eigenvalue weighted by Crippen LogP contribution is -2.26. The molecule has 17 heavy (non-hydrogen) atoms. The molecule has 94 valence electrons. The van der Waals surface area contributed by atoms with E-state index in [4.69, 9.17) is 4.74 Å². The molecule has 0 bridgehead atoms. The number of fused-ring (bicyclic) bond motifs is 1. The van der Waals surface area contributed by atoms with Crippen molar-refractivity contribution in [2.75, 3.05) is 25.1 Å². The maximum Gasteiger partial charge on any atom is 0.0668 e. The topological polar surface area (TPSA) is 33.3 Å². The van der Waals surface area contributed by atoms with Crippen LogP contribution in [-0.4, -0.2) is 25.8 Å². The van der Waals surface area contributed by atoms with E-state index >= 15 is 0 Å². The van der Waals surface area contributed by atoms with Crippen molar-refractivity contribution in [3.8, 4) is 0 Å². The number of ether oxygens (including phenoxy) is 1. The molecule has 1 aromatic rings. The Kier molecular flexibility index (Phi) is 4.26. The fraction of sp³-hybridized carbons (Fsp3) is 0.538. The number of anilines is 1. The molecule has 3 rings (SSSR count). The van der Waals surface area contributed by atoms with Gasteiger partial charge in [-0.15, -0.1) is 12.4 Å². The summed E-state index contributed by atoms with van der Waals surface area (Å²) in [5.41, 5.74) is 4.23. The molecule has 1 aromatic carbocycles. The molecule has 0 aromatic heterocycles. The van der Waals surface area contributed by atoms with Crippen molar-refractivity contribution in [3.05, 3.63) is 29.3 Å². The van der Waals surface area contributed by atoms with Gasteiger partial charge >= 0.3 is 0 Å². The number of halogens is 1. The van der Waals surface area contributed by atoms with Gasteiger partial charge in [-0.1, -0.05) is 12.1 Å². The van der Waals surface area contributed by atoms with Gasteiger partial charge in [-0.2, -0.15) is 0 Å². The lowest BCUT2D eigenvalue weighted by atomic mass is 9.99. The van der Waals surface area contributed by atoms with E-state index in [9.17, 15) is 0 Å². The number of benzene rings is 1. The standard InChI is InChI=1S/C13H18N2O.ClH/c1-2-10-4-6-14-8-12(10)13(3-1)15-11-5-7-16-9-11;/h1-3,11,14-15H,4-9H2;1H/t11-;/m1./s1. The zero-order chi connectivity index (χ0) is 10.8. The Balaban J connectivity index is 0.00000108. The number of hydrogen-bond acceptors (Lipinski definition) is 3. The first-order chi connectivity index (χ1) is 7.93. The molecule has 0 aliphatic carbocycles. The van der Waals surface area contributed by atoms with Crippen molar-refractivity contribution < 1.29 is 4.74 Å². The molecule has 3 nitrogen and oxygen atoms in total. The lowest BCUT2D eigenvalue weighted by molar-refractivity contribution is 0.195. The molecule has 2 N–H and O–H groups in total. The molecule has 2 aliphatic heterocycles. The van der Waals surface area contributed by atoms with Crippen molar-refractivity contribution in [1.82, 2.24) is 5.32 Å². The van der Waals surface area contributed by atoms with Crippen molar-refractivity contribution in [2.45, 2.75) is 25.4 Å². The van der Waals surface area contributed by atoms with Gasteiger partial charge in [-0.3, -0.25) is 0 Å². The van der Waals surface area contributed by atoms with Gasteiger partial charge in [0.25, 0.3) is 0 Å². The molecule has 2 aliphatic rings. The molecule has 1 atom stereocenters. The largest absolute Gasteiger partial charge is 0.380 e. The highest BCUT2D eigenvalue weighted by molar-refractivity contribution is 5.85. The summed E-state index contributed by atoms with van der Waals surface area (Å²) in [6.45, 7) is 3.83. The molecule has 1 saturated heterocycles. The second kappa shape index (κ2) is 5.71.